The molecule has 1 aliphatic rings. The van der Waals surface area contributed by atoms with Crippen LogP contribution in [0.1, 0.15) is 28.2 Å². The summed E-state index contributed by atoms with van der Waals surface area (Å²) in [6.45, 7) is 2.68. The number of benzene rings is 1. The molecule has 1 N–H and O–H groups in total. The highest BCUT2D eigenvalue weighted by molar-refractivity contribution is 7.20. The largest absolute Gasteiger partial charge is 0.481 e. The van der Waals surface area contributed by atoms with Crippen LogP contribution in [0.5, 0.6) is 0 Å². The van der Waals surface area contributed by atoms with Crippen molar-refractivity contribution in [3.63, 3.8) is 0 Å². The number of carboxylic acids is 1. The first kappa shape index (κ1) is 17.7. The number of carboxylic acid groups (broad SMARTS) is 1. The monoisotopic (exact) mass is 387 g/mol. The number of aryl methyl sites for hydroxylation is 1. The van der Waals surface area contributed by atoms with Gasteiger partial charge in [0.2, 0.25) is 0 Å². The summed E-state index contributed by atoms with van der Waals surface area (Å²) in [5.41, 5.74) is 1.51. The molecule has 0 bridgehead atoms. The van der Waals surface area contributed by atoms with Crippen molar-refractivity contribution in [3.8, 4) is 5.69 Å². The summed E-state index contributed by atoms with van der Waals surface area (Å²) in [5.74, 6) is -1.83. The Kier molecular flexibility index (Phi) is 4.43. The maximum absolute atomic E-state index is 13.2. The molecule has 1 aromatic carbocycles. The van der Waals surface area contributed by atoms with Crippen molar-refractivity contribution >= 4 is 33.4 Å². The van der Waals surface area contributed by atoms with Crippen LogP contribution in [0.2, 0.25) is 0 Å². The highest BCUT2D eigenvalue weighted by Crippen LogP contribution is 2.32. The number of thiophene rings is 1. The van der Waals surface area contributed by atoms with E-state index in [1.807, 2.05) is 13.0 Å². The second kappa shape index (κ2) is 6.77. The summed E-state index contributed by atoms with van der Waals surface area (Å²) in [5, 5.41) is 14.6. The molecule has 2 aromatic heterocycles. The minimum atomic E-state index is -0.855. The Morgan fingerprint density at radius 3 is 2.74 bits per heavy atom. The van der Waals surface area contributed by atoms with Crippen molar-refractivity contribution in [2.24, 2.45) is 5.92 Å². The number of halogens is 1. The molecule has 0 saturated carbocycles. The van der Waals surface area contributed by atoms with Gasteiger partial charge in [-0.25, -0.2) is 9.07 Å². The minimum Gasteiger partial charge on any atom is -0.481 e. The van der Waals surface area contributed by atoms with Crippen molar-refractivity contribution in [1.82, 2.24) is 14.7 Å². The Bertz CT molecular complexity index is 1020. The van der Waals surface area contributed by atoms with Crippen molar-refractivity contribution < 1.29 is 19.1 Å². The van der Waals surface area contributed by atoms with Gasteiger partial charge in [-0.3, -0.25) is 9.59 Å². The normalized spacial score (nSPS) is 17.4. The number of likely N-dealkylation sites (tertiary alicyclic amines) is 1. The first-order valence-corrected chi connectivity index (χ1v) is 9.53. The average Bonchev–Trinajstić information content (AvgIpc) is 3.23. The summed E-state index contributed by atoms with van der Waals surface area (Å²) in [7, 11) is 0. The molecule has 1 saturated heterocycles. The summed E-state index contributed by atoms with van der Waals surface area (Å²) in [4.78, 5) is 27.2. The molecule has 1 atom stereocenters. The van der Waals surface area contributed by atoms with E-state index >= 15 is 0 Å². The number of piperidine rings is 1. The lowest BCUT2D eigenvalue weighted by Gasteiger charge is -2.30. The number of rotatable bonds is 3. The van der Waals surface area contributed by atoms with Gasteiger partial charge in [-0.05, 0) is 50.1 Å². The Hall–Kier alpha value is -2.74. The second-order valence-corrected chi connectivity index (χ2v) is 7.76. The van der Waals surface area contributed by atoms with Gasteiger partial charge in [0.15, 0.2) is 0 Å². The first-order chi connectivity index (χ1) is 12.9. The van der Waals surface area contributed by atoms with E-state index in [9.17, 15) is 19.1 Å². The fourth-order valence-corrected chi connectivity index (χ4v) is 4.58. The third-order valence-electron chi connectivity index (χ3n) is 4.88. The molecular weight excluding hydrogens is 369 g/mol. The molecule has 0 aliphatic carbocycles. The van der Waals surface area contributed by atoms with Gasteiger partial charge in [-0.1, -0.05) is 0 Å². The lowest BCUT2D eigenvalue weighted by atomic mass is 9.98. The van der Waals surface area contributed by atoms with Crippen LogP contribution in [0.3, 0.4) is 0 Å². The number of aromatic nitrogens is 2. The number of carbonyl (C=O) groups excluding carboxylic acids is 1. The average molecular weight is 387 g/mol. The van der Waals surface area contributed by atoms with Gasteiger partial charge in [0.1, 0.15) is 10.6 Å². The van der Waals surface area contributed by atoms with Crippen molar-refractivity contribution in [2.45, 2.75) is 19.8 Å². The molecule has 8 heteroatoms. The molecule has 0 radical (unpaired) electrons. The fraction of sp³-hybridized carbons (Fsp3) is 0.316. The summed E-state index contributed by atoms with van der Waals surface area (Å²) < 4.78 is 14.9. The Labute approximate surface area is 158 Å². The molecule has 140 valence electrons. The first-order valence-electron chi connectivity index (χ1n) is 8.71. The quantitative estimate of drug-likeness (QED) is 0.747. The number of amides is 1. The zero-order valence-electron chi connectivity index (χ0n) is 14.7. The molecule has 3 heterocycles. The topological polar surface area (TPSA) is 75.4 Å². The number of aliphatic carboxylic acids is 1. The van der Waals surface area contributed by atoms with E-state index in [0.29, 0.717) is 24.3 Å². The molecule has 1 fully saturated rings. The van der Waals surface area contributed by atoms with Gasteiger partial charge >= 0.3 is 5.97 Å². The number of hydrogen-bond donors (Lipinski definition) is 1. The molecule has 1 amide bonds. The van der Waals surface area contributed by atoms with E-state index in [2.05, 4.69) is 5.10 Å². The van der Waals surface area contributed by atoms with Crippen LogP contribution in [0.4, 0.5) is 4.39 Å². The third kappa shape index (κ3) is 3.21. The van der Waals surface area contributed by atoms with E-state index in [1.54, 1.807) is 21.7 Å². The highest BCUT2D eigenvalue weighted by atomic mass is 32.1. The van der Waals surface area contributed by atoms with Gasteiger partial charge in [0.25, 0.3) is 5.91 Å². The van der Waals surface area contributed by atoms with E-state index < -0.39 is 11.9 Å². The molecule has 4 rings (SSSR count). The maximum atomic E-state index is 13.2. The van der Waals surface area contributed by atoms with Crippen LogP contribution in [-0.2, 0) is 4.79 Å². The van der Waals surface area contributed by atoms with Gasteiger partial charge in [-0.2, -0.15) is 5.10 Å². The molecule has 1 aliphatic heterocycles. The maximum Gasteiger partial charge on any atom is 0.308 e. The number of hydrogen-bond acceptors (Lipinski definition) is 4. The minimum absolute atomic E-state index is 0.146. The molecule has 0 spiro atoms. The fourth-order valence-electron chi connectivity index (χ4n) is 3.43. The molecule has 27 heavy (non-hydrogen) atoms. The van der Waals surface area contributed by atoms with E-state index in [-0.39, 0.29) is 18.3 Å². The van der Waals surface area contributed by atoms with Crippen molar-refractivity contribution in [1.29, 1.82) is 0 Å². The summed E-state index contributed by atoms with van der Waals surface area (Å²) in [6.07, 6.45) is 1.29. The number of nitrogens with zero attached hydrogens (tertiary/aromatic N) is 3. The van der Waals surface area contributed by atoms with Crippen LogP contribution in [0, 0.1) is 18.7 Å². The molecule has 3 aromatic rings. The highest BCUT2D eigenvalue weighted by Gasteiger charge is 2.30. The van der Waals surface area contributed by atoms with Gasteiger partial charge < -0.3 is 10.0 Å². The zero-order chi connectivity index (χ0) is 19.1. The van der Waals surface area contributed by atoms with Gasteiger partial charge in [0, 0.05) is 18.5 Å². The van der Waals surface area contributed by atoms with Gasteiger partial charge in [-0.15, -0.1) is 11.3 Å². The van der Waals surface area contributed by atoms with Crippen LogP contribution in [-0.4, -0.2) is 44.8 Å². The molecule has 1 unspecified atom stereocenters. The van der Waals surface area contributed by atoms with Crippen molar-refractivity contribution in [3.05, 3.63) is 46.7 Å². The molecular formula is C19H18FN3O3S. The Morgan fingerprint density at radius 2 is 2.04 bits per heavy atom. The van der Waals surface area contributed by atoms with E-state index in [1.165, 1.54) is 23.5 Å². The SMILES string of the molecule is Cc1nn(-c2ccc(F)cc2)c2sc(C(=O)N3CCCC(C(=O)O)C3)cc12. The van der Waals surface area contributed by atoms with Gasteiger partial charge in [0.05, 0.1) is 22.2 Å². The molecule has 6 nitrogen and oxygen atoms in total. The summed E-state index contributed by atoms with van der Waals surface area (Å²) >= 11 is 1.32. The Balaban J connectivity index is 1.67. The van der Waals surface area contributed by atoms with Crippen LogP contribution in [0.15, 0.2) is 30.3 Å². The zero-order valence-corrected chi connectivity index (χ0v) is 15.5. The van der Waals surface area contributed by atoms with E-state index in [4.69, 9.17) is 0 Å². The predicted molar refractivity (Wildman–Crippen MR) is 99.9 cm³/mol. The third-order valence-corrected chi connectivity index (χ3v) is 5.98. The van der Waals surface area contributed by atoms with Crippen LogP contribution in [0.25, 0.3) is 15.9 Å². The smallest absolute Gasteiger partial charge is 0.308 e. The van der Waals surface area contributed by atoms with Crippen LogP contribution >= 0.6 is 11.3 Å². The number of fused-ring (bicyclic) bond motifs is 1. The standard InChI is InChI=1S/C19H18FN3O3S/c1-11-15-9-16(17(24)22-8-2-3-12(10-22)19(25)26)27-18(15)23(21-11)14-6-4-13(20)5-7-14/h4-7,9,12H,2-3,8,10H2,1H3,(H,25,26). The van der Waals surface area contributed by atoms with Crippen molar-refractivity contribution in [2.75, 3.05) is 13.1 Å². The lowest BCUT2D eigenvalue weighted by molar-refractivity contribution is -0.143. The van der Waals surface area contributed by atoms with E-state index in [0.717, 1.165) is 21.6 Å². The summed E-state index contributed by atoms with van der Waals surface area (Å²) in [6, 6.07) is 7.85. The predicted octanol–water partition coefficient (Wildman–Crippen LogP) is 3.47. The lowest BCUT2D eigenvalue weighted by Crippen LogP contribution is -2.42. The number of carbonyl (C=O) groups is 2. The Morgan fingerprint density at radius 1 is 1.30 bits per heavy atom. The van der Waals surface area contributed by atoms with Crippen LogP contribution < -0.4 is 0 Å². The second-order valence-electron chi connectivity index (χ2n) is 6.73.